The molecule has 0 bridgehead atoms. The van der Waals surface area contributed by atoms with Gasteiger partial charge in [-0.3, -0.25) is 0 Å². The summed E-state index contributed by atoms with van der Waals surface area (Å²) in [6.45, 7) is 10.5. The Morgan fingerprint density at radius 1 is 1.18 bits per heavy atom. The third-order valence-corrected chi connectivity index (χ3v) is 5.60. The molecule has 0 amide bonds. The average Bonchev–Trinajstić information content (AvgIpc) is 2.43. The summed E-state index contributed by atoms with van der Waals surface area (Å²) in [5, 5.41) is 13.0. The molecule has 2 N–H and O–H groups in total. The quantitative estimate of drug-likeness (QED) is 0.770. The second-order valence-electron chi connectivity index (χ2n) is 6.79. The van der Waals surface area contributed by atoms with Gasteiger partial charge in [-0.25, -0.2) is 8.42 Å². The molecular formula is C17H29NO3S. The van der Waals surface area contributed by atoms with E-state index in [1.807, 2.05) is 12.1 Å². The molecule has 22 heavy (non-hydrogen) atoms. The van der Waals surface area contributed by atoms with Gasteiger partial charge < -0.3 is 10.4 Å². The van der Waals surface area contributed by atoms with Crippen LogP contribution in [-0.2, 0) is 9.84 Å². The summed E-state index contributed by atoms with van der Waals surface area (Å²) in [6, 6.07) is 7.20. The van der Waals surface area contributed by atoms with E-state index in [0.717, 1.165) is 18.5 Å². The summed E-state index contributed by atoms with van der Waals surface area (Å²) in [5.41, 5.74) is 1.07. The number of nitrogens with one attached hydrogen (secondary N) is 1. The Bertz CT molecular complexity index is 562. The SMILES string of the molecule is CCS(=O)(=O)c1ccc(C(C)NCC(C)(C)CC(C)O)cc1. The number of sulfone groups is 1. The molecule has 4 nitrogen and oxygen atoms in total. The fourth-order valence-corrected chi connectivity index (χ4v) is 3.43. The van der Waals surface area contributed by atoms with Crippen LogP contribution in [0.4, 0.5) is 0 Å². The van der Waals surface area contributed by atoms with Crippen LogP contribution in [0.15, 0.2) is 29.2 Å². The van der Waals surface area contributed by atoms with E-state index < -0.39 is 9.84 Å². The molecule has 0 aliphatic rings. The van der Waals surface area contributed by atoms with Crippen molar-refractivity contribution in [2.75, 3.05) is 12.3 Å². The molecule has 0 aliphatic heterocycles. The van der Waals surface area contributed by atoms with Gasteiger partial charge in [-0.1, -0.05) is 32.9 Å². The van der Waals surface area contributed by atoms with Crippen LogP contribution in [0, 0.1) is 5.41 Å². The van der Waals surface area contributed by atoms with Crippen LogP contribution in [0.5, 0.6) is 0 Å². The minimum Gasteiger partial charge on any atom is -0.393 e. The van der Waals surface area contributed by atoms with E-state index in [9.17, 15) is 13.5 Å². The number of aliphatic hydroxyl groups excluding tert-OH is 1. The normalized spacial score (nSPS) is 15.5. The van der Waals surface area contributed by atoms with Gasteiger partial charge in [0, 0.05) is 12.6 Å². The predicted octanol–water partition coefficient (Wildman–Crippen LogP) is 2.93. The molecule has 0 fully saturated rings. The molecule has 5 heteroatoms. The summed E-state index contributed by atoms with van der Waals surface area (Å²) in [4.78, 5) is 0.375. The van der Waals surface area contributed by atoms with E-state index in [-0.39, 0.29) is 23.3 Å². The average molecular weight is 327 g/mol. The van der Waals surface area contributed by atoms with Gasteiger partial charge in [0.15, 0.2) is 9.84 Å². The topological polar surface area (TPSA) is 66.4 Å². The molecule has 0 saturated carbocycles. The Balaban J connectivity index is 2.69. The maximum absolute atomic E-state index is 11.8. The lowest BCUT2D eigenvalue weighted by atomic mass is 9.86. The summed E-state index contributed by atoms with van der Waals surface area (Å²) < 4.78 is 23.6. The van der Waals surface area contributed by atoms with Crippen LogP contribution in [0.2, 0.25) is 0 Å². The van der Waals surface area contributed by atoms with Gasteiger partial charge in [0.05, 0.1) is 16.8 Å². The Morgan fingerprint density at radius 3 is 2.18 bits per heavy atom. The standard InChI is InChI=1S/C17H29NO3S/c1-6-22(20,21)16-9-7-15(8-10-16)14(3)18-12-17(4,5)11-13(2)19/h7-10,13-14,18-19H,6,11-12H2,1-5H3. The third-order valence-electron chi connectivity index (χ3n) is 3.85. The number of benzene rings is 1. The predicted molar refractivity (Wildman–Crippen MR) is 90.7 cm³/mol. The lowest BCUT2D eigenvalue weighted by molar-refractivity contribution is 0.127. The molecule has 0 aliphatic carbocycles. The fraction of sp³-hybridized carbons (Fsp3) is 0.647. The number of aliphatic hydroxyl groups is 1. The molecule has 1 aromatic rings. The maximum atomic E-state index is 11.8. The van der Waals surface area contributed by atoms with E-state index in [2.05, 4.69) is 26.1 Å². The summed E-state index contributed by atoms with van der Waals surface area (Å²) in [6.07, 6.45) is 0.422. The van der Waals surface area contributed by atoms with Crippen LogP contribution < -0.4 is 5.32 Å². The smallest absolute Gasteiger partial charge is 0.178 e. The first-order valence-corrected chi connectivity index (χ1v) is 9.47. The first-order chi connectivity index (χ1) is 10.1. The summed E-state index contributed by atoms with van der Waals surface area (Å²) >= 11 is 0. The highest BCUT2D eigenvalue weighted by Gasteiger charge is 2.21. The van der Waals surface area contributed by atoms with Crippen molar-refractivity contribution in [3.05, 3.63) is 29.8 Å². The number of hydrogen-bond acceptors (Lipinski definition) is 4. The second-order valence-corrected chi connectivity index (χ2v) is 9.07. The molecule has 126 valence electrons. The monoisotopic (exact) mass is 327 g/mol. The largest absolute Gasteiger partial charge is 0.393 e. The van der Waals surface area contributed by atoms with Gasteiger partial charge in [0.25, 0.3) is 0 Å². The minimum absolute atomic E-state index is 0.00785. The second kappa shape index (κ2) is 7.57. The number of hydrogen-bond donors (Lipinski definition) is 2. The van der Waals surface area contributed by atoms with Gasteiger partial charge >= 0.3 is 0 Å². The Morgan fingerprint density at radius 2 is 1.73 bits per heavy atom. The van der Waals surface area contributed by atoms with Gasteiger partial charge in [-0.15, -0.1) is 0 Å². The number of rotatable bonds is 8. The summed E-state index contributed by atoms with van der Waals surface area (Å²) in [7, 11) is -3.14. The van der Waals surface area contributed by atoms with Crippen molar-refractivity contribution >= 4 is 9.84 Å². The van der Waals surface area contributed by atoms with Gasteiger partial charge in [0.1, 0.15) is 0 Å². The van der Waals surface area contributed by atoms with E-state index >= 15 is 0 Å². The van der Waals surface area contributed by atoms with Crippen molar-refractivity contribution in [3.8, 4) is 0 Å². The first-order valence-electron chi connectivity index (χ1n) is 7.81. The molecular weight excluding hydrogens is 298 g/mol. The summed E-state index contributed by atoms with van der Waals surface area (Å²) in [5.74, 6) is 0.119. The van der Waals surface area contributed by atoms with Gasteiger partial charge in [0.2, 0.25) is 0 Å². The van der Waals surface area contributed by atoms with Gasteiger partial charge in [-0.2, -0.15) is 0 Å². The van der Waals surface area contributed by atoms with Crippen molar-refractivity contribution in [1.29, 1.82) is 0 Å². The zero-order valence-electron chi connectivity index (χ0n) is 14.3. The Hall–Kier alpha value is -0.910. The van der Waals surface area contributed by atoms with Crippen molar-refractivity contribution in [1.82, 2.24) is 5.32 Å². The molecule has 1 aromatic carbocycles. The lowest BCUT2D eigenvalue weighted by Crippen LogP contribution is -2.33. The third kappa shape index (κ3) is 5.71. The van der Waals surface area contributed by atoms with Crippen LogP contribution in [0.25, 0.3) is 0 Å². The van der Waals surface area contributed by atoms with E-state index in [1.165, 1.54) is 0 Å². The molecule has 0 aromatic heterocycles. The van der Waals surface area contributed by atoms with Crippen LogP contribution in [-0.4, -0.2) is 31.9 Å². The van der Waals surface area contributed by atoms with Crippen LogP contribution in [0.1, 0.15) is 52.6 Å². The van der Waals surface area contributed by atoms with Crippen molar-refractivity contribution in [2.24, 2.45) is 5.41 Å². The highest BCUT2D eigenvalue weighted by Crippen LogP contribution is 2.23. The highest BCUT2D eigenvalue weighted by atomic mass is 32.2. The van der Waals surface area contributed by atoms with Gasteiger partial charge in [-0.05, 0) is 43.4 Å². The zero-order valence-corrected chi connectivity index (χ0v) is 15.1. The molecule has 2 unspecified atom stereocenters. The molecule has 0 heterocycles. The van der Waals surface area contributed by atoms with Crippen molar-refractivity contribution in [2.45, 2.75) is 58.1 Å². The molecule has 0 saturated heterocycles. The maximum Gasteiger partial charge on any atom is 0.178 e. The first kappa shape index (κ1) is 19.1. The molecule has 1 rings (SSSR count). The van der Waals surface area contributed by atoms with E-state index in [4.69, 9.17) is 0 Å². The fourth-order valence-electron chi connectivity index (χ4n) is 2.55. The Labute approximate surface area is 134 Å². The zero-order chi connectivity index (χ0) is 17.0. The van der Waals surface area contributed by atoms with Crippen LogP contribution in [0.3, 0.4) is 0 Å². The molecule has 0 spiro atoms. The van der Waals surface area contributed by atoms with E-state index in [0.29, 0.717) is 4.90 Å². The van der Waals surface area contributed by atoms with Crippen LogP contribution >= 0.6 is 0 Å². The van der Waals surface area contributed by atoms with Crippen molar-refractivity contribution in [3.63, 3.8) is 0 Å². The molecule has 0 radical (unpaired) electrons. The lowest BCUT2D eigenvalue weighted by Gasteiger charge is -2.28. The molecule has 2 atom stereocenters. The van der Waals surface area contributed by atoms with E-state index in [1.54, 1.807) is 26.0 Å². The minimum atomic E-state index is -3.14. The Kier molecular flexibility index (Phi) is 6.59. The highest BCUT2D eigenvalue weighted by molar-refractivity contribution is 7.91. The van der Waals surface area contributed by atoms with Crippen molar-refractivity contribution < 1.29 is 13.5 Å².